The molecule has 0 saturated carbocycles. The molecule has 0 aliphatic heterocycles. The van der Waals surface area contributed by atoms with Crippen LogP contribution in [0, 0.1) is 6.92 Å². The van der Waals surface area contributed by atoms with E-state index in [4.69, 9.17) is 5.73 Å². The first-order valence-corrected chi connectivity index (χ1v) is 5.22. The normalized spacial score (nSPS) is 10.4. The number of aromatic hydroxyl groups is 1. The highest BCUT2D eigenvalue weighted by atomic mass is 16.3. The number of hydrogen-bond donors (Lipinski definition) is 2. The van der Waals surface area contributed by atoms with Crippen molar-refractivity contribution in [2.24, 2.45) is 5.73 Å². The maximum absolute atomic E-state index is 11.9. The monoisotopic (exact) mass is 224 g/mol. The second-order valence-corrected chi connectivity index (χ2v) is 3.74. The summed E-state index contributed by atoms with van der Waals surface area (Å²) in [4.78, 5) is 23.0. The van der Waals surface area contributed by atoms with Crippen LogP contribution in [0.4, 0.5) is 0 Å². The lowest BCUT2D eigenvalue weighted by Crippen LogP contribution is -2.30. The van der Waals surface area contributed by atoms with Crippen molar-refractivity contribution in [3.63, 3.8) is 0 Å². The lowest BCUT2D eigenvalue weighted by Gasteiger charge is -2.10. The maximum Gasteiger partial charge on any atom is 0.266 e. The summed E-state index contributed by atoms with van der Waals surface area (Å²) in [5.41, 5.74) is 4.97. The molecule has 1 aromatic heterocycles. The first kappa shape index (κ1) is 12.3. The number of nitrogens with two attached hydrogens (primary N) is 1. The fraction of sp³-hybridized carbons (Fsp3) is 0.455. The number of amides is 1. The Hall–Kier alpha value is -1.78. The van der Waals surface area contributed by atoms with Crippen molar-refractivity contribution in [3.8, 4) is 5.88 Å². The molecule has 0 aliphatic carbocycles. The molecule has 5 heteroatoms. The topological polar surface area (TPSA) is 85.3 Å². The molecular formula is C11H16N2O3. The summed E-state index contributed by atoms with van der Waals surface area (Å²) in [5, 5.41) is 9.62. The average Bonchev–Trinajstić information content (AvgIpc) is 2.16. The number of carbonyl (C=O) groups is 1. The molecule has 0 aliphatic rings. The van der Waals surface area contributed by atoms with Gasteiger partial charge in [0.15, 0.2) is 5.88 Å². The summed E-state index contributed by atoms with van der Waals surface area (Å²) in [5.74, 6) is -0.881. The molecule has 88 valence electrons. The Morgan fingerprint density at radius 3 is 2.69 bits per heavy atom. The number of hydrogen-bond acceptors (Lipinski definition) is 3. The third kappa shape index (κ3) is 2.24. The molecule has 0 unspecified atom stereocenters. The Bertz CT molecular complexity index is 463. The largest absolute Gasteiger partial charge is 0.494 e. The fourth-order valence-electron chi connectivity index (χ4n) is 1.58. The average molecular weight is 224 g/mol. The molecule has 0 saturated heterocycles. The van der Waals surface area contributed by atoms with Crippen molar-refractivity contribution < 1.29 is 9.90 Å². The first-order chi connectivity index (χ1) is 7.49. The predicted octanol–water partition coefficient (Wildman–Crippen LogP) is 0.761. The molecule has 1 aromatic rings. The van der Waals surface area contributed by atoms with E-state index in [1.165, 1.54) is 10.6 Å². The van der Waals surface area contributed by atoms with Gasteiger partial charge in [-0.3, -0.25) is 14.2 Å². The number of rotatable bonds is 4. The molecule has 5 nitrogen and oxygen atoms in total. The lowest BCUT2D eigenvalue weighted by molar-refractivity contribution is 0.0997. The van der Waals surface area contributed by atoms with Gasteiger partial charge in [-0.2, -0.15) is 0 Å². The Morgan fingerprint density at radius 1 is 1.56 bits per heavy atom. The number of nitrogens with zero attached hydrogens (tertiary/aromatic N) is 1. The summed E-state index contributed by atoms with van der Waals surface area (Å²) in [6.45, 7) is 3.94. The number of unbranched alkanes of at least 4 members (excludes halogenated alkanes) is 1. The van der Waals surface area contributed by atoms with Crippen LogP contribution < -0.4 is 11.3 Å². The van der Waals surface area contributed by atoms with Crippen molar-refractivity contribution in [1.82, 2.24) is 4.57 Å². The van der Waals surface area contributed by atoms with Crippen LogP contribution in [0.3, 0.4) is 0 Å². The van der Waals surface area contributed by atoms with Crippen LogP contribution in [-0.4, -0.2) is 15.6 Å². The third-order valence-electron chi connectivity index (χ3n) is 2.46. The SMILES string of the molecule is CCCCn1c(O)cc(C)c(C(N)=O)c1=O. The molecular weight excluding hydrogens is 208 g/mol. The van der Waals surface area contributed by atoms with Crippen LogP contribution in [0.15, 0.2) is 10.9 Å². The Balaban J connectivity index is 3.34. The molecule has 0 bridgehead atoms. The highest BCUT2D eigenvalue weighted by molar-refractivity contribution is 5.93. The van der Waals surface area contributed by atoms with Crippen molar-refractivity contribution in [2.75, 3.05) is 0 Å². The standard InChI is InChI=1S/C11H16N2O3/c1-3-4-5-13-8(14)6-7(2)9(10(12)15)11(13)16/h6,14H,3-5H2,1-2H3,(H2,12,15). The Labute approximate surface area is 93.5 Å². The van der Waals surface area contributed by atoms with Gasteiger partial charge in [-0.15, -0.1) is 0 Å². The highest BCUT2D eigenvalue weighted by Gasteiger charge is 2.15. The van der Waals surface area contributed by atoms with Crippen molar-refractivity contribution in [1.29, 1.82) is 0 Å². The van der Waals surface area contributed by atoms with E-state index in [9.17, 15) is 14.7 Å². The second-order valence-electron chi connectivity index (χ2n) is 3.74. The van der Waals surface area contributed by atoms with Gasteiger partial charge in [-0.1, -0.05) is 13.3 Å². The summed E-state index contributed by atoms with van der Waals surface area (Å²) in [6, 6.07) is 1.39. The molecule has 0 spiro atoms. The van der Waals surface area contributed by atoms with Gasteiger partial charge in [-0.05, 0) is 18.9 Å². The van der Waals surface area contributed by atoms with E-state index >= 15 is 0 Å². The minimum absolute atomic E-state index is 0.0473. The Morgan fingerprint density at radius 2 is 2.19 bits per heavy atom. The molecule has 1 amide bonds. The third-order valence-corrected chi connectivity index (χ3v) is 2.46. The quantitative estimate of drug-likeness (QED) is 0.791. The van der Waals surface area contributed by atoms with Gasteiger partial charge in [0.25, 0.3) is 11.5 Å². The fourth-order valence-corrected chi connectivity index (χ4v) is 1.58. The number of pyridine rings is 1. The van der Waals surface area contributed by atoms with Gasteiger partial charge in [0, 0.05) is 12.6 Å². The first-order valence-electron chi connectivity index (χ1n) is 5.22. The molecule has 3 N–H and O–H groups in total. The summed E-state index contributed by atoms with van der Waals surface area (Å²) in [6.07, 6.45) is 1.65. The van der Waals surface area contributed by atoms with Crippen molar-refractivity contribution >= 4 is 5.91 Å². The maximum atomic E-state index is 11.9. The molecule has 1 rings (SSSR count). The van der Waals surface area contributed by atoms with Crippen LogP contribution in [0.5, 0.6) is 5.88 Å². The summed E-state index contributed by atoms with van der Waals surface area (Å²) in [7, 11) is 0. The number of aromatic nitrogens is 1. The minimum atomic E-state index is -0.757. The van der Waals surface area contributed by atoms with E-state index < -0.39 is 11.5 Å². The van der Waals surface area contributed by atoms with Crippen LogP contribution in [-0.2, 0) is 6.54 Å². The lowest BCUT2D eigenvalue weighted by atomic mass is 10.1. The number of carbonyl (C=O) groups excluding carboxylic acids is 1. The van der Waals surface area contributed by atoms with E-state index in [-0.39, 0.29) is 11.4 Å². The van der Waals surface area contributed by atoms with E-state index in [1.807, 2.05) is 6.92 Å². The number of primary amides is 1. The van der Waals surface area contributed by atoms with Gasteiger partial charge in [0.1, 0.15) is 5.56 Å². The summed E-state index contributed by atoms with van der Waals surface area (Å²) < 4.78 is 1.18. The van der Waals surface area contributed by atoms with E-state index in [0.29, 0.717) is 12.1 Å². The van der Waals surface area contributed by atoms with Crippen LogP contribution in [0.2, 0.25) is 0 Å². The molecule has 0 aromatic carbocycles. The minimum Gasteiger partial charge on any atom is -0.494 e. The zero-order chi connectivity index (χ0) is 12.3. The molecule has 0 atom stereocenters. The van der Waals surface area contributed by atoms with Gasteiger partial charge < -0.3 is 10.8 Å². The highest BCUT2D eigenvalue weighted by Crippen LogP contribution is 2.12. The second kappa shape index (κ2) is 4.83. The van der Waals surface area contributed by atoms with Crippen LogP contribution in [0.1, 0.15) is 35.7 Å². The zero-order valence-corrected chi connectivity index (χ0v) is 9.49. The molecule has 0 fully saturated rings. The zero-order valence-electron chi connectivity index (χ0n) is 9.49. The van der Waals surface area contributed by atoms with E-state index in [2.05, 4.69) is 0 Å². The number of aryl methyl sites for hydroxylation is 1. The van der Waals surface area contributed by atoms with Gasteiger partial charge >= 0.3 is 0 Å². The van der Waals surface area contributed by atoms with Gasteiger partial charge in [0.2, 0.25) is 0 Å². The predicted molar refractivity (Wildman–Crippen MR) is 60.5 cm³/mol. The van der Waals surface area contributed by atoms with Crippen molar-refractivity contribution in [3.05, 3.63) is 27.5 Å². The van der Waals surface area contributed by atoms with Gasteiger partial charge in [0.05, 0.1) is 0 Å². The molecule has 0 radical (unpaired) electrons. The van der Waals surface area contributed by atoms with Crippen molar-refractivity contribution in [2.45, 2.75) is 33.2 Å². The Kier molecular flexibility index (Phi) is 3.71. The van der Waals surface area contributed by atoms with Crippen LogP contribution in [0.25, 0.3) is 0 Å². The summed E-state index contributed by atoms with van der Waals surface area (Å²) >= 11 is 0. The van der Waals surface area contributed by atoms with Gasteiger partial charge in [-0.25, -0.2) is 0 Å². The van der Waals surface area contributed by atoms with E-state index in [0.717, 1.165) is 12.8 Å². The molecule has 1 heterocycles. The smallest absolute Gasteiger partial charge is 0.266 e. The van der Waals surface area contributed by atoms with E-state index in [1.54, 1.807) is 6.92 Å². The van der Waals surface area contributed by atoms with Crippen LogP contribution >= 0.6 is 0 Å². The molecule has 16 heavy (non-hydrogen) atoms.